The van der Waals surface area contributed by atoms with E-state index in [1.54, 1.807) is 6.07 Å². The van der Waals surface area contributed by atoms with Crippen LogP contribution in [-0.2, 0) is 6.54 Å². The molecule has 0 bridgehead atoms. The van der Waals surface area contributed by atoms with Crippen molar-refractivity contribution in [2.45, 2.75) is 20.4 Å². The number of hydrogen-bond acceptors (Lipinski definition) is 3. The van der Waals surface area contributed by atoms with Crippen molar-refractivity contribution in [2.24, 2.45) is 0 Å². The van der Waals surface area contributed by atoms with Crippen molar-refractivity contribution in [1.82, 2.24) is 0 Å². The third kappa shape index (κ3) is 3.17. The van der Waals surface area contributed by atoms with E-state index in [0.717, 1.165) is 21.2 Å². The summed E-state index contributed by atoms with van der Waals surface area (Å²) in [6.45, 7) is 4.35. The van der Waals surface area contributed by atoms with Crippen LogP contribution < -0.4 is 5.32 Å². The minimum absolute atomic E-state index is 0.111. The highest BCUT2D eigenvalue weighted by Gasteiger charge is 2.15. The van der Waals surface area contributed by atoms with Crippen LogP contribution in [0.3, 0.4) is 0 Å². The van der Waals surface area contributed by atoms with Crippen molar-refractivity contribution >= 4 is 27.3 Å². The summed E-state index contributed by atoms with van der Waals surface area (Å²) in [5.74, 6) is 0. The molecule has 0 fully saturated rings. The van der Waals surface area contributed by atoms with E-state index in [0.29, 0.717) is 12.2 Å². The van der Waals surface area contributed by atoms with Gasteiger partial charge in [-0.15, -0.1) is 0 Å². The Balaban J connectivity index is 2.27. The molecule has 0 unspecified atom stereocenters. The predicted molar refractivity (Wildman–Crippen MR) is 84.0 cm³/mol. The number of nitro benzene ring substituents is 1. The molecule has 0 radical (unpaired) electrons. The van der Waals surface area contributed by atoms with Crippen LogP contribution in [-0.4, -0.2) is 4.92 Å². The molecular weight excluding hydrogens is 320 g/mol. The maximum atomic E-state index is 11.1. The maximum Gasteiger partial charge on any atom is 0.292 e. The molecule has 0 amide bonds. The first kappa shape index (κ1) is 14.5. The Kier molecular flexibility index (Phi) is 4.39. The summed E-state index contributed by atoms with van der Waals surface area (Å²) in [7, 11) is 0. The summed E-state index contributed by atoms with van der Waals surface area (Å²) >= 11 is 3.47. The fourth-order valence-corrected chi connectivity index (χ4v) is 2.35. The quantitative estimate of drug-likeness (QED) is 0.657. The monoisotopic (exact) mass is 334 g/mol. The van der Waals surface area contributed by atoms with E-state index in [1.165, 1.54) is 0 Å². The summed E-state index contributed by atoms with van der Waals surface area (Å²) < 4.78 is 0.985. The average molecular weight is 335 g/mol. The minimum atomic E-state index is -0.352. The molecule has 0 saturated carbocycles. The smallest absolute Gasteiger partial charge is 0.292 e. The molecule has 0 aliphatic rings. The highest BCUT2D eigenvalue weighted by atomic mass is 79.9. The molecule has 1 N–H and O–H groups in total. The number of nitrogens with zero attached hydrogens (tertiary/aromatic N) is 1. The average Bonchev–Trinajstić information content (AvgIpc) is 2.41. The first-order valence-corrected chi connectivity index (χ1v) is 7.01. The zero-order chi connectivity index (χ0) is 14.7. The molecule has 4 nitrogen and oxygen atoms in total. The molecule has 2 aromatic rings. The van der Waals surface area contributed by atoms with Crippen LogP contribution in [0.1, 0.15) is 16.7 Å². The van der Waals surface area contributed by atoms with E-state index >= 15 is 0 Å². The fraction of sp³-hybridized carbons (Fsp3) is 0.200. The molecule has 0 aromatic heterocycles. The lowest BCUT2D eigenvalue weighted by Gasteiger charge is -2.10. The molecule has 0 aliphatic heterocycles. The normalized spacial score (nSPS) is 10.3. The van der Waals surface area contributed by atoms with Gasteiger partial charge in [0.25, 0.3) is 5.69 Å². The van der Waals surface area contributed by atoms with Gasteiger partial charge in [-0.05, 0) is 42.7 Å². The van der Waals surface area contributed by atoms with Crippen molar-refractivity contribution in [3.05, 3.63) is 67.7 Å². The van der Waals surface area contributed by atoms with Gasteiger partial charge in [0.15, 0.2) is 0 Å². The Morgan fingerprint density at radius 3 is 2.50 bits per heavy atom. The van der Waals surface area contributed by atoms with Gasteiger partial charge in [-0.1, -0.05) is 34.1 Å². The molecule has 2 aromatic carbocycles. The van der Waals surface area contributed by atoms with Gasteiger partial charge in [0.1, 0.15) is 5.69 Å². The summed E-state index contributed by atoms with van der Waals surface area (Å²) in [6, 6.07) is 11.2. The second kappa shape index (κ2) is 6.05. The molecule has 0 heterocycles. The van der Waals surface area contributed by atoms with Crippen LogP contribution in [0.15, 0.2) is 40.9 Å². The van der Waals surface area contributed by atoms with Crippen LogP contribution in [0.2, 0.25) is 0 Å². The van der Waals surface area contributed by atoms with Crippen LogP contribution in [0.25, 0.3) is 0 Å². The van der Waals surface area contributed by atoms with Gasteiger partial charge in [-0.3, -0.25) is 10.1 Å². The van der Waals surface area contributed by atoms with Gasteiger partial charge in [0, 0.05) is 17.1 Å². The second-order valence-electron chi connectivity index (χ2n) is 4.66. The number of rotatable bonds is 4. The van der Waals surface area contributed by atoms with Crippen molar-refractivity contribution in [1.29, 1.82) is 0 Å². The van der Waals surface area contributed by atoms with Crippen LogP contribution in [0.4, 0.5) is 11.4 Å². The number of halogens is 1. The Morgan fingerprint density at radius 2 is 1.85 bits per heavy atom. The number of nitro groups is 1. The lowest BCUT2D eigenvalue weighted by Crippen LogP contribution is -2.04. The minimum Gasteiger partial charge on any atom is -0.375 e. The second-order valence-corrected chi connectivity index (χ2v) is 5.51. The molecule has 0 atom stereocenters. The lowest BCUT2D eigenvalue weighted by atomic mass is 10.1. The van der Waals surface area contributed by atoms with E-state index in [2.05, 4.69) is 21.2 Å². The Bertz CT molecular complexity index is 656. The third-order valence-electron chi connectivity index (χ3n) is 3.24. The van der Waals surface area contributed by atoms with Crippen LogP contribution in [0, 0.1) is 24.0 Å². The molecular formula is C15H15BrN2O2. The summed E-state index contributed by atoms with van der Waals surface area (Å²) in [5.41, 5.74) is 3.67. The van der Waals surface area contributed by atoms with E-state index in [9.17, 15) is 10.1 Å². The predicted octanol–water partition coefficient (Wildman–Crippen LogP) is 4.59. The molecule has 5 heteroatoms. The van der Waals surface area contributed by atoms with Crippen molar-refractivity contribution < 1.29 is 4.92 Å². The third-order valence-corrected chi connectivity index (χ3v) is 4.01. The van der Waals surface area contributed by atoms with Gasteiger partial charge in [-0.25, -0.2) is 0 Å². The van der Waals surface area contributed by atoms with E-state index in [-0.39, 0.29) is 10.6 Å². The molecule has 104 valence electrons. The standard InChI is InChI=1S/C15H15BrN2O2/c1-10-7-14(15(18(19)20)8-11(10)2)17-9-12-5-3-4-6-13(12)16/h3-8,17H,9H2,1-2H3. The van der Waals surface area contributed by atoms with Gasteiger partial charge in [0.2, 0.25) is 0 Å². The van der Waals surface area contributed by atoms with Gasteiger partial charge in [0.05, 0.1) is 4.92 Å². The molecule has 0 spiro atoms. The Morgan fingerprint density at radius 1 is 1.20 bits per heavy atom. The van der Waals surface area contributed by atoms with Crippen LogP contribution >= 0.6 is 15.9 Å². The van der Waals surface area contributed by atoms with Crippen molar-refractivity contribution in [3.8, 4) is 0 Å². The lowest BCUT2D eigenvalue weighted by molar-refractivity contribution is -0.384. The van der Waals surface area contributed by atoms with Crippen molar-refractivity contribution in [2.75, 3.05) is 5.32 Å². The maximum absolute atomic E-state index is 11.1. The van der Waals surface area contributed by atoms with Crippen molar-refractivity contribution in [3.63, 3.8) is 0 Å². The van der Waals surface area contributed by atoms with Gasteiger partial charge < -0.3 is 5.32 Å². The van der Waals surface area contributed by atoms with Crippen LogP contribution in [0.5, 0.6) is 0 Å². The summed E-state index contributed by atoms with van der Waals surface area (Å²) in [4.78, 5) is 10.8. The first-order chi connectivity index (χ1) is 9.49. The topological polar surface area (TPSA) is 55.2 Å². The number of benzene rings is 2. The van der Waals surface area contributed by atoms with Gasteiger partial charge >= 0.3 is 0 Å². The SMILES string of the molecule is Cc1cc(NCc2ccccc2Br)c([N+](=O)[O-])cc1C. The number of aryl methyl sites for hydroxylation is 2. The first-order valence-electron chi connectivity index (χ1n) is 6.22. The van der Waals surface area contributed by atoms with E-state index in [1.807, 2.05) is 44.2 Å². The largest absolute Gasteiger partial charge is 0.375 e. The molecule has 20 heavy (non-hydrogen) atoms. The number of anilines is 1. The van der Waals surface area contributed by atoms with Gasteiger partial charge in [-0.2, -0.15) is 0 Å². The highest BCUT2D eigenvalue weighted by molar-refractivity contribution is 9.10. The zero-order valence-corrected chi connectivity index (χ0v) is 12.9. The number of hydrogen-bond donors (Lipinski definition) is 1. The zero-order valence-electron chi connectivity index (χ0n) is 11.3. The molecule has 0 saturated heterocycles. The molecule has 0 aliphatic carbocycles. The Labute approximate surface area is 126 Å². The number of nitrogens with one attached hydrogen (secondary N) is 1. The summed E-state index contributed by atoms with van der Waals surface area (Å²) in [6.07, 6.45) is 0. The van der Waals surface area contributed by atoms with E-state index in [4.69, 9.17) is 0 Å². The fourth-order valence-electron chi connectivity index (χ4n) is 1.93. The highest BCUT2D eigenvalue weighted by Crippen LogP contribution is 2.29. The Hall–Kier alpha value is -1.88. The molecule has 2 rings (SSSR count). The summed E-state index contributed by atoms with van der Waals surface area (Å²) in [5, 5.41) is 14.3. The van der Waals surface area contributed by atoms with E-state index < -0.39 is 0 Å².